The molecule has 7 heteroatoms. The van der Waals surface area contributed by atoms with Gasteiger partial charge in [0.2, 0.25) is 5.91 Å². The second kappa shape index (κ2) is 7.19. The van der Waals surface area contributed by atoms with Crippen molar-refractivity contribution in [3.63, 3.8) is 0 Å². The van der Waals surface area contributed by atoms with E-state index in [1.165, 1.54) is 40.2 Å². The first kappa shape index (κ1) is 19.2. The Hall–Kier alpha value is -3.61. The molecule has 0 bridgehead atoms. The number of anilines is 1. The van der Waals surface area contributed by atoms with Crippen LogP contribution in [0.4, 0.5) is 5.69 Å². The van der Waals surface area contributed by atoms with Crippen LogP contribution in [0, 0.1) is 0 Å². The molecule has 28 heavy (non-hydrogen) atoms. The van der Waals surface area contributed by atoms with Crippen LogP contribution in [0.2, 0.25) is 0 Å². The maximum absolute atomic E-state index is 12.9. The molecular formula is C21H19NO6. The molecule has 0 atom stereocenters. The van der Waals surface area contributed by atoms with Gasteiger partial charge >= 0.3 is 0 Å². The number of amides is 2. The lowest BCUT2D eigenvalue weighted by Gasteiger charge is -2.12. The highest BCUT2D eigenvalue weighted by Crippen LogP contribution is 2.41. The van der Waals surface area contributed by atoms with E-state index >= 15 is 0 Å². The van der Waals surface area contributed by atoms with Gasteiger partial charge in [0.1, 0.15) is 17.3 Å². The summed E-state index contributed by atoms with van der Waals surface area (Å²) in [5.74, 6) is -0.845. The zero-order chi connectivity index (χ0) is 20.6. The van der Waals surface area contributed by atoms with Gasteiger partial charge in [-0.2, -0.15) is 0 Å². The molecule has 1 N–H and O–H groups in total. The number of benzene rings is 2. The van der Waals surface area contributed by atoms with Crippen molar-refractivity contribution < 1.29 is 29.0 Å². The van der Waals surface area contributed by atoms with E-state index in [1.807, 2.05) is 0 Å². The highest BCUT2D eigenvalue weighted by Gasteiger charge is 2.38. The van der Waals surface area contributed by atoms with Crippen LogP contribution in [-0.2, 0) is 9.59 Å². The average molecular weight is 381 g/mol. The molecule has 0 fully saturated rings. The van der Waals surface area contributed by atoms with Gasteiger partial charge in [0.05, 0.1) is 25.5 Å². The van der Waals surface area contributed by atoms with E-state index in [9.17, 15) is 19.5 Å². The Morgan fingerprint density at radius 2 is 1.54 bits per heavy atom. The summed E-state index contributed by atoms with van der Waals surface area (Å²) in [4.78, 5) is 37.7. The number of hydrogen-bond donors (Lipinski definition) is 1. The zero-order valence-electron chi connectivity index (χ0n) is 15.9. The number of Topliss-reactive ketones (excluding diaryl/α,β-unsaturated/α-hetero) is 1. The Morgan fingerprint density at radius 1 is 0.929 bits per heavy atom. The highest BCUT2D eigenvalue weighted by molar-refractivity contribution is 6.43. The predicted molar refractivity (Wildman–Crippen MR) is 104 cm³/mol. The first-order valence-electron chi connectivity index (χ1n) is 8.45. The van der Waals surface area contributed by atoms with Crippen molar-refractivity contribution in [2.75, 3.05) is 19.1 Å². The summed E-state index contributed by atoms with van der Waals surface area (Å²) in [5.41, 5.74) is 1.21. The van der Waals surface area contributed by atoms with Crippen LogP contribution < -0.4 is 14.4 Å². The molecule has 3 rings (SSSR count). The van der Waals surface area contributed by atoms with E-state index in [0.29, 0.717) is 28.3 Å². The number of ketones is 1. The van der Waals surface area contributed by atoms with Crippen molar-refractivity contribution in [2.24, 2.45) is 0 Å². The minimum absolute atomic E-state index is 0.0661. The number of aliphatic hydroxyl groups is 1. The van der Waals surface area contributed by atoms with E-state index in [0.717, 1.165) is 4.90 Å². The molecule has 0 spiro atoms. The maximum Gasteiger partial charge on any atom is 0.269 e. The third-order valence-corrected chi connectivity index (χ3v) is 4.51. The second-order valence-electron chi connectivity index (χ2n) is 6.27. The molecule has 2 amide bonds. The largest absolute Gasteiger partial charge is 0.506 e. The summed E-state index contributed by atoms with van der Waals surface area (Å²) < 4.78 is 10.4. The summed E-state index contributed by atoms with van der Waals surface area (Å²) in [6, 6.07) is 9.28. The Labute approximate surface area is 161 Å². The number of methoxy groups -OCH3 is 2. The third-order valence-electron chi connectivity index (χ3n) is 4.51. The van der Waals surface area contributed by atoms with E-state index in [4.69, 9.17) is 9.47 Å². The number of aliphatic hydroxyl groups excluding tert-OH is 1. The molecule has 0 aromatic heterocycles. The highest BCUT2D eigenvalue weighted by atomic mass is 16.5. The standard InChI is InChI=1S/C21H19NO6/c1-11(23)13-5-6-18-17(9-13)19(21(26)22(18)12(2)24)20(25)14-7-15(27-3)10-16(8-14)28-4/h5-10,25H,1-4H3/b20-19-. The fourth-order valence-corrected chi connectivity index (χ4v) is 3.12. The molecule has 1 heterocycles. The molecule has 1 aliphatic heterocycles. The van der Waals surface area contributed by atoms with E-state index < -0.39 is 11.8 Å². The third kappa shape index (κ3) is 3.11. The van der Waals surface area contributed by atoms with Crippen molar-refractivity contribution in [2.45, 2.75) is 13.8 Å². The molecule has 0 aliphatic carbocycles. The molecule has 0 unspecified atom stereocenters. The SMILES string of the molecule is COc1cc(OC)cc(/C(O)=C2/C(=O)N(C(C)=O)c3ccc(C(C)=O)cc32)c1. The second-order valence-corrected chi connectivity index (χ2v) is 6.27. The number of ether oxygens (including phenoxy) is 2. The summed E-state index contributed by atoms with van der Waals surface area (Å²) in [6.45, 7) is 2.66. The topological polar surface area (TPSA) is 93.1 Å². The number of carbonyl (C=O) groups is 3. The van der Waals surface area contributed by atoms with Gasteiger partial charge in [0.15, 0.2) is 5.78 Å². The molecule has 0 saturated carbocycles. The molecular weight excluding hydrogens is 362 g/mol. The maximum atomic E-state index is 12.9. The van der Waals surface area contributed by atoms with Gasteiger partial charge in [0.25, 0.3) is 5.91 Å². The lowest BCUT2D eigenvalue weighted by molar-refractivity contribution is -0.122. The smallest absolute Gasteiger partial charge is 0.269 e. The fourth-order valence-electron chi connectivity index (χ4n) is 3.12. The first-order valence-corrected chi connectivity index (χ1v) is 8.45. The van der Waals surface area contributed by atoms with Crippen molar-refractivity contribution >= 4 is 34.6 Å². The molecule has 0 radical (unpaired) electrons. The minimum Gasteiger partial charge on any atom is -0.506 e. The summed E-state index contributed by atoms with van der Waals surface area (Å²) in [6.07, 6.45) is 0. The summed E-state index contributed by atoms with van der Waals surface area (Å²) >= 11 is 0. The molecule has 0 saturated heterocycles. The number of carbonyl (C=O) groups excluding carboxylic acids is 3. The molecule has 144 valence electrons. The number of imide groups is 1. The normalized spacial score (nSPS) is 14.6. The number of rotatable bonds is 4. The summed E-state index contributed by atoms with van der Waals surface area (Å²) in [5, 5.41) is 10.9. The lowest BCUT2D eigenvalue weighted by atomic mass is 9.99. The van der Waals surface area contributed by atoms with Crippen LogP contribution in [0.5, 0.6) is 11.5 Å². The van der Waals surface area contributed by atoms with Gasteiger partial charge in [-0.25, -0.2) is 4.90 Å². The molecule has 1 aliphatic rings. The van der Waals surface area contributed by atoms with Gasteiger partial charge < -0.3 is 14.6 Å². The monoisotopic (exact) mass is 381 g/mol. The Balaban J connectivity index is 2.29. The minimum atomic E-state index is -0.664. The first-order chi connectivity index (χ1) is 13.3. The van der Waals surface area contributed by atoms with E-state index in [-0.39, 0.29) is 22.7 Å². The predicted octanol–water partition coefficient (Wildman–Crippen LogP) is 3.23. The summed E-state index contributed by atoms with van der Waals surface area (Å²) in [7, 11) is 2.94. The van der Waals surface area contributed by atoms with Gasteiger partial charge in [0, 0.05) is 29.7 Å². The molecule has 2 aromatic carbocycles. The van der Waals surface area contributed by atoms with Crippen molar-refractivity contribution in [3.8, 4) is 11.5 Å². The quantitative estimate of drug-likeness (QED) is 0.497. The van der Waals surface area contributed by atoms with Crippen LogP contribution >= 0.6 is 0 Å². The van der Waals surface area contributed by atoms with Crippen LogP contribution in [0.15, 0.2) is 36.4 Å². The van der Waals surface area contributed by atoms with Gasteiger partial charge in [-0.3, -0.25) is 14.4 Å². The van der Waals surface area contributed by atoms with E-state index in [1.54, 1.807) is 24.3 Å². The Kier molecular flexibility index (Phi) is 4.92. The molecule has 2 aromatic rings. The fraction of sp³-hybridized carbons (Fsp3) is 0.190. The number of nitrogens with zero attached hydrogens (tertiary/aromatic N) is 1. The van der Waals surface area contributed by atoms with Gasteiger partial charge in [-0.05, 0) is 37.3 Å². The average Bonchev–Trinajstić information content (AvgIpc) is 2.97. The zero-order valence-corrected chi connectivity index (χ0v) is 15.9. The van der Waals surface area contributed by atoms with Gasteiger partial charge in [-0.1, -0.05) is 0 Å². The van der Waals surface area contributed by atoms with Crippen LogP contribution in [0.25, 0.3) is 11.3 Å². The van der Waals surface area contributed by atoms with Crippen LogP contribution in [0.3, 0.4) is 0 Å². The van der Waals surface area contributed by atoms with Crippen LogP contribution in [-0.4, -0.2) is 36.9 Å². The van der Waals surface area contributed by atoms with E-state index in [2.05, 4.69) is 0 Å². The van der Waals surface area contributed by atoms with Crippen molar-refractivity contribution in [3.05, 3.63) is 53.1 Å². The molecule has 7 nitrogen and oxygen atoms in total. The van der Waals surface area contributed by atoms with Crippen molar-refractivity contribution in [1.29, 1.82) is 0 Å². The Bertz CT molecular complexity index is 1010. The number of fused-ring (bicyclic) bond motifs is 1. The van der Waals surface area contributed by atoms with Gasteiger partial charge in [-0.15, -0.1) is 0 Å². The number of hydrogen-bond acceptors (Lipinski definition) is 6. The lowest BCUT2D eigenvalue weighted by Crippen LogP contribution is -2.31. The van der Waals surface area contributed by atoms with Crippen molar-refractivity contribution in [1.82, 2.24) is 0 Å². The van der Waals surface area contributed by atoms with Crippen LogP contribution in [0.1, 0.15) is 35.3 Å². The Morgan fingerprint density at radius 3 is 2.04 bits per heavy atom.